The summed E-state index contributed by atoms with van der Waals surface area (Å²) in [5.41, 5.74) is 0.854. The number of hydrogen-bond acceptors (Lipinski definition) is 6. The van der Waals surface area contributed by atoms with Crippen LogP contribution in [0.1, 0.15) is 11.7 Å². The molecular formula is C19H24O6. The Labute approximate surface area is 148 Å². The minimum Gasteiger partial charge on any atom is -0.493 e. The fourth-order valence-corrected chi connectivity index (χ4v) is 2.49. The smallest absolute Gasteiger partial charge is 0.203 e. The number of hydrogen-bond donors (Lipinski definition) is 0. The van der Waals surface area contributed by atoms with Gasteiger partial charge in [0, 0.05) is 7.11 Å². The first-order valence-electron chi connectivity index (χ1n) is 7.77. The van der Waals surface area contributed by atoms with Crippen LogP contribution in [0.25, 0.3) is 0 Å². The molecule has 0 saturated carbocycles. The molecule has 0 aromatic heterocycles. The quantitative estimate of drug-likeness (QED) is 0.691. The molecule has 0 aliphatic rings. The highest BCUT2D eigenvalue weighted by atomic mass is 16.5. The average molecular weight is 348 g/mol. The van der Waals surface area contributed by atoms with Gasteiger partial charge in [-0.15, -0.1) is 0 Å². The summed E-state index contributed by atoms with van der Waals surface area (Å²) in [5, 5.41) is 0. The summed E-state index contributed by atoms with van der Waals surface area (Å²) in [6.45, 7) is 0.301. The van der Waals surface area contributed by atoms with Crippen LogP contribution in [-0.4, -0.2) is 42.2 Å². The van der Waals surface area contributed by atoms with Crippen molar-refractivity contribution in [2.45, 2.75) is 6.10 Å². The molecule has 2 aromatic rings. The second-order valence-electron chi connectivity index (χ2n) is 5.14. The van der Waals surface area contributed by atoms with Crippen molar-refractivity contribution in [1.82, 2.24) is 0 Å². The molecule has 0 bridgehead atoms. The van der Waals surface area contributed by atoms with E-state index in [-0.39, 0.29) is 6.10 Å². The van der Waals surface area contributed by atoms with Crippen molar-refractivity contribution in [3.05, 3.63) is 42.0 Å². The van der Waals surface area contributed by atoms with Crippen LogP contribution in [0.2, 0.25) is 0 Å². The number of ether oxygens (including phenoxy) is 6. The molecule has 0 saturated heterocycles. The molecule has 0 fully saturated rings. The SMILES string of the molecule is COc1ccccc1OCC(OC)c1cc(OC)c(OC)c(OC)c1. The maximum atomic E-state index is 5.88. The zero-order valence-corrected chi connectivity index (χ0v) is 15.2. The van der Waals surface area contributed by atoms with Gasteiger partial charge >= 0.3 is 0 Å². The topological polar surface area (TPSA) is 55.4 Å². The van der Waals surface area contributed by atoms with Crippen LogP contribution < -0.4 is 23.7 Å². The van der Waals surface area contributed by atoms with Crippen molar-refractivity contribution in [3.8, 4) is 28.7 Å². The van der Waals surface area contributed by atoms with E-state index in [2.05, 4.69) is 0 Å². The van der Waals surface area contributed by atoms with Gasteiger partial charge in [0.25, 0.3) is 0 Å². The van der Waals surface area contributed by atoms with E-state index in [0.29, 0.717) is 35.4 Å². The highest BCUT2D eigenvalue weighted by Gasteiger charge is 2.19. The first-order chi connectivity index (χ1) is 12.2. The lowest BCUT2D eigenvalue weighted by Gasteiger charge is -2.20. The van der Waals surface area contributed by atoms with Crippen LogP contribution >= 0.6 is 0 Å². The molecule has 0 spiro atoms. The number of rotatable bonds is 9. The van der Waals surface area contributed by atoms with E-state index < -0.39 is 0 Å². The van der Waals surface area contributed by atoms with Gasteiger partial charge in [0.2, 0.25) is 5.75 Å². The third kappa shape index (κ3) is 4.28. The molecule has 6 nitrogen and oxygen atoms in total. The zero-order chi connectivity index (χ0) is 18.2. The summed E-state index contributed by atoms with van der Waals surface area (Å²) in [5.74, 6) is 2.99. The molecule has 0 amide bonds. The fourth-order valence-electron chi connectivity index (χ4n) is 2.49. The Bertz CT molecular complexity index is 660. The van der Waals surface area contributed by atoms with Gasteiger partial charge in [-0.25, -0.2) is 0 Å². The lowest BCUT2D eigenvalue weighted by atomic mass is 10.1. The van der Waals surface area contributed by atoms with Crippen LogP contribution in [0.5, 0.6) is 28.7 Å². The van der Waals surface area contributed by atoms with Crippen molar-refractivity contribution >= 4 is 0 Å². The second kappa shape index (κ2) is 9.03. The molecule has 1 atom stereocenters. The van der Waals surface area contributed by atoms with Gasteiger partial charge in [0.1, 0.15) is 12.7 Å². The van der Waals surface area contributed by atoms with Gasteiger partial charge in [-0.2, -0.15) is 0 Å². The van der Waals surface area contributed by atoms with Crippen molar-refractivity contribution < 1.29 is 28.4 Å². The Hall–Kier alpha value is -2.60. The standard InChI is InChI=1S/C19H24O6/c1-20-14-8-6-7-9-15(14)25-12-18(23-4)13-10-16(21-2)19(24-5)17(11-13)22-3/h6-11,18H,12H2,1-5H3. The molecule has 6 heteroatoms. The maximum absolute atomic E-state index is 5.88. The van der Waals surface area contributed by atoms with Gasteiger partial charge in [-0.1, -0.05) is 12.1 Å². The Balaban J connectivity index is 2.25. The minimum absolute atomic E-state index is 0.301. The van der Waals surface area contributed by atoms with Crippen molar-refractivity contribution in [3.63, 3.8) is 0 Å². The van der Waals surface area contributed by atoms with Gasteiger partial charge in [0.05, 0.1) is 28.4 Å². The minimum atomic E-state index is -0.321. The Morgan fingerprint density at radius 2 is 1.28 bits per heavy atom. The Morgan fingerprint density at radius 3 is 1.76 bits per heavy atom. The number of methoxy groups -OCH3 is 5. The van der Waals surface area contributed by atoms with E-state index >= 15 is 0 Å². The van der Waals surface area contributed by atoms with E-state index in [0.717, 1.165) is 5.56 Å². The third-order valence-corrected chi connectivity index (χ3v) is 3.80. The van der Waals surface area contributed by atoms with Crippen molar-refractivity contribution in [1.29, 1.82) is 0 Å². The maximum Gasteiger partial charge on any atom is 0.203 e. The first-order valence-corrected chi connectivity index (χ1v) is 7.77. The summed E-state index contributed by atoms with van der Waals surface area (Å²) < 4.78 is 32.9. The summed E-state index contributed by atoms with van der Waals surface area (Å²) in [6.07, 6.45) is -0.321. The second-order valence-corrected chi connectivity index (χ2v) is 5.14. The van der Waals surface area contributed by atoms with Gasteiger partial charge in [-0.05, 0) is 29.8 Å². The molecule has 0 aliphatic heterocycles. The molecule has 0 heterocycles. The van der Waals surface area contributed by atoms with Gasteiger partial charge in [-0.3, -0.25) is 0 Å². The lowest BCUT2D eigenvalue weighted by Crippen LogP contribution is -2.13. The molecule has 0 N–H and O–H groups in total. The van der Waals surface area contributed by atoms with E-state index in [4.69, 9.17) is 28.4 Å². The highest BCUT2D eigenvalue weighted by molar-refractivity contribution is 5.54. The number of benzene rings is 2. The summed E-state index contributed by atoms with van der Waals surface area (Å²) in [7, 11) is 7.95. The van der Waals surface area contributed by atoms with Crippen molar-refractivity contribution in [2.24, 2.45) is 0 Å². The normalized spacial score (nSPS) is 11.6. The molecule has 0 radical (unpaired) electrons. The summed E-state index contributed by atoms with van der Waals surface area (Å²) in [6, 6.07) is 11.2. The number of para-hydroxylation sites is 2. The van der Waals surface area contributed by atoms with Crippen LogP contribution in [0, 0.1) is 0 Å². The van der Waals surface area contributed by atoms with Crippen LogP contribution in [0.3, 0.4) is 0 Å². The largest absolute Gasteiger partial charge is 0.493 e. The Kier molecular flexibility index (Phi) is 6.77. The first kappa shape index (κ1) is 18.7. The molecular weight excluding hydrogens is 324 g/mol. The van der Waals surface area contributed by atoms with Crippen molar-refractivity contribution in [2.75, 3.05) is 42.2 Å². The molecule has 2 rings (SSSR count). The summed E-state index contributed by atoms with van der Waals surface area (Å²) >= 11 is 0. The van der Waals surface area contributed by atoms with Crippen LogP contribution in [0.4, 0.5) is 0 Å². The zero-order valence-electron chi connectivity index (χ0n) is 15.2. The predicted molar refractivity (Wildman–Crippen MR) is 94.3 cm³/mol. The average Bonchev–Trinajstić information content (AvgIpc) is 2.67. The fraction of sp³-hybridized carbons (Fsp3) is 0.368. The van der Waals surface area contributed by atoms with Crippen LogP contribution in [0.15, 0.2) is 36.4 Å². The molecule has 136 valence electrons. The van der Waals surface area contributed by atoms with E-state index in [1.54, 1.807) is 35.5 Å². The Morgan fingerprint density at radius 1 is 0.720 bits per heavy atom. The van der Waals surface area contributed by atoms with Gasteiger partial charge < -0.3 is 28.4 Å². The lowest BCUT2D eigenvalue weighted by molar-refractivity contribution is 0.0562. The predicted octanol–water partition coefficient (Wildman–Crippen LogP) is 3.49. The van der Waals surface area contributed by atoms with E-state index in [9.17, 15) is 0 Å². The monoisotopic (exact) mass is 348 g/mol. The van der Waals surface area contributed by atoms with Crippen LogP contribution in [-0.2, 0) is 4.74 Å². The summed E-state index contributed by atoms with van der Waals surface area (Å²) in [4.78, 5) is 0. The highest BCUT2D eigenvalue weighted by Crippen LogP contribution is 2.40. The van der Waals surface area contributed by atoms with Gasteiger partial charge in [0.15, 0.2) is 23.0 Å². The molecule has 1 unspecified atom stereocenters. The third-order valence-electron chi connectivity index (χ3n) is 3.80. The van der Waals surface area contributed by atoms with E-state index in [1.165, 1.54) is 0 Å². The molecule has 0 aliphatic carbocycles. The molecule has 25 heavy (non-hydrogen) atoms. The van der Waals surface area contributed by atoms with E-state index in [1.807, 2.05) is 36.4 Å². The molecule has 2 aromatic carbocycles.